The number of benzene rings is 2. The van der Waals surface area contributed by atoms with Gasteiger partial charge in [-0.3, -0.25) is 0 Å². The highest BCUT2D eigenvalue weighted by Gasteiger charge is 2.45. The Labute approximate surface area is 150 Å². The Morgan fingerprint density at radius 2 is 1.76 bits per heavy atom. The molecule has 2 aromatic rings. The third-order valence-corrected chi connectivity index (χ3v) is 6.91. The fourth-order valence-corrected chi connectivity index (χ4v) is 5.54. The first-order chi connectivity index (χ1) is 11.8. The molecule has 1 aliphatic rings. The van der Waals surface area contributed by atoms with Gasteiger partial charge in [-0.05, 0) is 30.2 Å². The van der Waals surface area contributed by atoms with Crippen LogP contribution in [0.3, 0.4) is 0 Å². The minimum Gasteiger partial charge on any atom is -0.480 e. The lowest BCUT2D eigenvalue weighted by Gasteiger charge is -2.23. The van der Waals surface area contributed by atoms with Gasteiger partial charge in [-0.25, -0.2) is 13.2 Å². The van der Waals surface area contributed by atoms with Gasteiger partial charge >= 0.3 is 5.97 Å². The van der Waals surface area contributed by atoms with Crippen LogP contribution in [0.4, 0.5) is 0 Å². The minimum absolute atomic E-state index is 0.0854. The average molecular weight is 375 g/mol. The Hall–Kier alpha value is -2.09. The minimum atomic E-state index is -3.97. The number of sulfonamides is 1. The quantitative estimate of drug-likeness (QED) is 0.840. The molecule has 0 saturated carbocycles. The normalized spacial score (nSPS) is 20.3. The van der Waals surface area contributed by atoms with E-state index < -0.39 is 21.5 Å². The highest BCUT2D eigenvalue weighted by molar-refractivity contribution is 8.08. The monoisotopic (exact) mass is 375 g/mol. The van der Waals surface area contributed by atoms with Crippen LogP contribution in [0.15, 0.2) is 65.6 Å². The second kappa shape index (κ2) is 6.67. The van der Waals surface area contributed by atoms with E-state index in [0.29, 0.717) is 5.56 Å². The van der Waals surface area contributed by atoms with Crippen LogP contribution in [0.2, 0.25) is 0 Å². The van der Waals surface area contributed by atoms with Crippen molar-refractivity contribution < 1.29 is 18.3 Å². The zero-order chi connectivity index (χ0) is 18.1. The van der Waals surface area contributed by atoms with Gasteiger partial charge in [-0.1, -0.05) is 48.5 Å². The Morgan fingerprint density at radius 1 is 1.12 bits per heavy atom. The standard InChI is InChI=1S/C18H17NO4S2/c1-13-7-5-6-10-16(13)25(22,23)19-18(17(20)21)11-15(24-12-18)14-8-3-2-4-9-14/h2-11,19H,12H2,1H3,(H,20,21). The van der Waals surface area contributed by atoms with E-state index in [1.807, 2.05) is 30.3 Å². The van der Waals surface area contributed by atoms with Gasteiger partial charge in [0, 0.05) is 10.7 Å². The van der Waals surface area contributed by atoms with Crippen LogP contribution in [-0.4, -0.2) is 30.8 Å². The van der Waals surface area contributed by atoms with E-state index in [1.165, 1.54) is 23.9 Å². The Balaban J connectivity index is 2.00. The molecule has 5 nitrogen and oxygen atoms in total. The number of rotatable bonds is 5. The lowest BCUT2D eigenvalue weighted by Crippen LogP contribution is -2.53. The van der Waals surface area contributed by atoms with Crippen molar-refractivity contribution in [3.05, 3.63) is 71.8 Å². The average Bonchev–Trinajstić information content (AvgIpc) is 3.01. The summed E-state index contributed by atoms with van der Waals surface area (Å²) in [4.78, 5) is 12.7. The number of aryl methyl sites for hydroxylation is 1. The maximum Gasteiger partial charge on any atom is 0.329 e. The fraction of sp³-hybridized carbons (Fsp3) is 0.167. The predicted octanol–water partition coefficient (Wildman–Crippen LogP) is 2.88. The van der Waals surface area contributed by atoms with Crippen molar-refractivity contribution in [3.8, 4) is 0 Å². The molecule has 1 heterocycles. The van der Waals surface area contributed by atoms with Gasteiger partial charge in [0.1, 0.15) is 0 Å². The number of carboxylic acid groups (broad SMARTS) is 1. The fourth-order valence-electron chi connectivity index (χ4n) is 2.65. The van der Waals surface area contributed by atoms with E-state index >= 15 is 0 Å². The zero-order valence-corrected chi connectivity index (χ0v) is 15.1. The third kappa shape index (κ3) is 3.49. The topological polar surface area (TPSA) is 83.5 Å². The van der Waals surface area contributed by atoms with Crippen molar-refractivity contribution in [1.29, 1.82) is 0 Å². The van der Waals surface area contributed by atoms with Crippen molar-refractivity contribution in [3.63, 3.8) is 0 Å². The largest absolute Gasteiger partial charge is 0.480 e. The number of carboxylic acids is 1. The van der Waals surface area contributed by atoms with Crippen LogP contribution in [0.1, 0.15) is 11.1 Å². The van der Waals surface area contributed by atoms with E-state index in [9.17, 15) is 18.3 Å². The van der Waals surface area contributed by atoms with Crippen molar-refractivity contribution in [2.75, 3.05) is 5.75 Å². The van der Waals surface area contributed by atoms with E-state index in [4.69, 9.17) is 0 Å². The number of thioether (sulfide) groups is 1. The second-order valence-corrected chi connectivity index (χ2v) is 8.48. The molecule has 2 N–H and O–H groups in total. The molecule has 7 heteroatoms. The summed E-state index contributed by atoms with van der Waals surface area (Å²) in [5.74, 6) is -1.12. The summed E-state index contributed by atoms with van der Waals surface area (Å²) in [7, 11) is -3.97. The molecule has 1 atom stereocenters. The molecule has 0 radical (unpaired) electrons. The van der Waals surface area contributed by atoms with E-state index in [2.05, 4.69) is 4.72 Å². The molecule has 0 bridgehead atoms. The first kappa shape index (κ1) is 17.7. The third-order valence-electron chi connectivity index (χ3n) is 3.97. The summed E-state index contributed by atoms with van der Waals surface area (Å²) in [6.45, 7) is 1.68. The van der Waals surface area contributed by atoms with Gasteiger partial charge in [0.15, 0.2) is 5.54 Å². The van der Waals surface area contributed by atoms with E-state index in [-0.39, 0.29) is 10.6 Å². The Morgan fingerprint density at radius 3 is 2.40 bits per heavy atom. The van der Waals surface area contributed by atoms with Crippen molar-refractivity contribution in [1.82, 2.24) is 4.72 Å². The molecule has 0 aliphatic carbocycles. The highest BCUT2D eigenvalue weighted by Crippen LogP contribution is 2.39. The van der Waals surface area contributed by atoms with Gasteiger partial charge < -0.3 is 5.11 Å². The number of carbonyl (C=O) groups is 1. The van der Waals surface area contributed by atoms with E-state index in [1.54, 1.807) is 25.1 Å². The van der Waals surface area contributed by atoms with Crippen LogP contribution in [0.25, 0.3) is 4.91 Å². The lowest BCUT2D eigenvalue weighted by atomic mass is 10.0. The number of aliphatic carboxylic acids is 1. The number of hydrogen-bond acceptors (Lipinski definition) is 4. The summed E-state index contributed by atoms with van der Waals surface area (Å²) >= 11 is 1.32. The lowest BCUT2D eigenvalue weighted by molar-refractivity contribution is -0.141. The summed E-state index contributed by atoms with van der Waals surface area (Å²) < 4.78 is 27.9. The SMILES string of the molecule is Cc1ccccc1S(=O)(=O)NC1(C(=O)O)C=C(c2ccccc2)SC1. The molecular weight excluding hydrogens is 358 g/mol. The molecule has 130 valence electrons. The molecule has 25 heavy (non-hydrogen) atoms. The maximum atomic E-state index is 12.7. The maximum absolute atomic E-state index is 12.7. The summed E-state index contributed by atoms with van der Waals surface area (Å²) in [6, 6.07) is 15.8. The van der Waals surface area contributed by atoms with Gasteiger partial charge in [0.2, 0.25) is 10.0 Å². The Kier molecular flexibility index (Phi) is 4.73. The van der Waals surface area contributed by atoms with Gasteiger partial charge in [-0.15, -0.1) is 11.8 Å². The molecule has 0 fully saturated rings. The molecule has 0 spiro atoms. The van der Waals surface area contributed by atoms with Crippen LogP contribution in [-0.2, 0) is 14.8 Å². The Bertz CT molecular complexity index is 939. The van der Waals surface area contributed by atoms with Gasteiger partial charge in [-0.2, -0.15) is 4.72 Å². The smallest absolute Gasteiger partial charge is 0.329 e. The highest BCUT2D eigenvalue weighted by atomic mass is 32.2. The number of hydrogen-bond donors (Lipinski definition) is 2. The predicted molar refractivity (Wildman–Crippen MR) is 98.7 cm³/mol. The van der Waals surface area contributed by atoms with Gasteiger partial charge in [0.25, 0.3) is 0 Å². The first-order valence-electron chi connectivity index (χ1n) is 7.58. The molecule has 0 saturated heterocycles. The molecule has 1 unspecified atom stereocenters. The second-order valence-electron chi connectivity index (χ2n) is 5.81. The molecule has 0 aromatic heterocycles. The van der Waals surface area contributed by atoms with Crippen molar-refractivity contribution in [2.24, 2.45) is 0 Å². The number of nitrogens with one attached hydrogen (secondary N) is 1. The molecule has 2 aromatic carbocycles. The van der Waals surface area contributed by atoms with Crippen LogP contribution >= 0.6 is 11.8 Å². The van der Waals surface area contributed by atoms with Gasteiger partial charge in [0.05, 0.1) is 4.90 Å². The molecule has 0 amide bonds. The van der Waals surface area contributed by atoms with Crippen molar-refractivity contribution >= 4 is 32.7 Å². The van der Waals surface area contributed by atoms with E-state index in [0.717, 1.165) is 10.5 Å². The molecular formula is C18H17NO4S2. The molecule has 3 rings (SSSR count). The molecule has 1 aliphatic heterocycles. The van der Waals surface area contributed by atoms with Crippen LogP contribution in [0.5, 0.6) is 0 Å². The van der Waals surface area contributed by atoms with Crippen LogP contribution in [0, 0.1) is 6.92 Å². The summed E-state index contributed by atoms with van der Waals surface area (Å²) in [5.41, 5.74) is -0.240. The van der Waals surface area contributed by atoms with Crippen molar-refractivity contribution in [2.45, 2.75) is 17.4 Å². The summed E-state index contributed by atoms with van der Waals surface area (Å²) in [5, 5.41) is 9.72. The van der Waals surface area contributed by atoms with Crippen LogP contribution < -0.4 is 4.72 Å². The zero-order valence-electron chi connectivity index (χ0n) is 13.5. The summed E-state index contributed by atoms with van der Waals surface area (Å²) in [6.07, 6.45) is 1.49. The first-order valence-corrected chi connectivity index (χ1v) is 10.0.